The zero-order valence-corrected chi connectivity index (χ0v) is 11.7. The number of aliphatic hydroxyl groups is 1. The van der Waals surface area contributed by atoms with Gasteiger partial charge in [0.15, 0.2) is 0 Å². The molecule has 0 unspecified atom stereocenters. The van der Waals surface area contributed by atoms with Gasteiger partial charge in [-0.2, -0.15) is 0 Å². The van der Waals surface area contributed by atoms with Gasteiger partial charge in [-0.05, 0) is 30.9 Å². The number of nitrogen functional groups attached to an aromatic ring is 1. The van der Waals surface area contributed by atoms with E-state index in [-0.39, 0.29) is 23.4 Å². The molecule has 8 heteroatoms. The largest absolute Gasteiger partial charge is 0.393 e. The fourth-order valence-electron chi connectivity index (χ4n) is 2.48. The molecule has 1 aliphatic carbocycles. The first-order valence-electron chi connectivity index (χ1n) is 6.61. The topological polar surface area (TPSA) is 122 Å². The normalized spacial score (nSPS) is 20.5. The number of benzene rings is 1. The second kappa shape index (κ2) is 6.06. The van der Waals surface area contributed by atoms with E-state index in [9.17, 15) is 20.0 Å². The fourth-order valence-corrected chi connectivity index (χ4v) is 2.48. The SMILES string of the molecule is CN(CC1CC(O)C1)C(=O)c1ccc([N+](=O)[O-])c(NN)c1. The van der Waals surface area contributed by atoms with Gasteiger partial charge in [0.25, 0.3) is 11.6 Å². The molecule has 0 bridgehead atoms. The minimum Gasteiger partial charge on any atom is -0.393 e. The van der Waals surface area contributed by atoms with Gasteiger partial charge in [-0.25, -0.2) is 0 Å². The van der Waals surface area contributed by atoms with E-state index in [1.807, 2.05) is 0 Å². The highest BCUT2D eigenvalue weighted by Gasteiger charge is 2.29. The van der Waals surface area contributed by atoms with Gasteiger partial charge < -0.3 is 15.4 Å². The average Bonchev–Trinajstić information content (AvgIpc) is 2.43. The van der Waals surface area contributed by atoms with Crippen molar-refractivity contribution in [3.63, 3.8) is 0 Å². The van der Waals surface area contributed by atoms with Crippen molar-refractivity contribution in [2.45, 2.75) is 18.9 Å². The van der Waals surface area contributed by atoms with Crippen molar-refractivity contribution in [1.29, 1.82) is 0 Å². The van der Waals surface area contributed by atoms with Gasteiger partial charge >= 0.3 is 0 Å². The van der Waals surface area contributed by atoms with Gasteiger partial charge in [0, 0.05) is 25.2 Å². The van der Waals surface area contributed by atoms with Crippen molar-refractivity contribution < 1.29 is 14.8 Å². The number of nitro benzene ring substituents is 1. The lowest BCUT2D eigenvalue weighted by Crippen LogP contribution is -2.39. The number of aliphatic hydroxyl groups excluding tert-OH is 1. The van der Waals surface area contributed by atoms with E-state index in [2.05, 4.69) is 5.43 Å². The number of nitrogens with zero attached hydrogens (tertiary/aromatic N) is 2. The summed E-state index contributed by atoms with van der Waals surface area (Å²) in [6.45, 7) is 0.554. The van der Waals surface area contributed by atoms with Crippen LogP contribution in [0, 0.1) is 16.0 Å². The van der Waals surface area contributed by atoms with E-state index in [4.69, 9.17) is 5.84 Å². The van der Waals surface area contributed by atoms with E-state index in [1.54, 1.807) is 11.9 Å². The molecule has 1 aliphatic rings. The zero-order chi connectivity index (χ0) is 15.6. The van der Waals surface area contributed by atoms with Crippen LogP contribution in [0.15, 0.2) is 18.2 Å². The first-order chi connectivity index (χ1) is 9.92. The van der Waals surface area contributed by atoms with Crippen LogP contribution >= 0.6 is 0 Å². The number of hydrogen-bond acceptors (Lipinski definition) is 6. The molecule has 0 spiro atoms. The third kappa shape index (κ3) is 3.29. The van der Waals surface area contributed by atoms with Crippen molar-refractivity contribution in [3.05, 3.63) is 33.9 Å². The highest BCUT2D eigenvalue weighted by molar-refractivity contribution is 5.95. The van der Waals surface area contributed by atoms with Gasteiger partial charge in [-0.1, -0.05) is 0 Å². The molecule has 0 atom stereocenters. The zero-order valence-electron chi connectivity index (χ0n) is 11.7. The van der Waals surface area contributed by atoms with Crippen LogP contribution in [-0.2, 0) is 0 Å². The number of nitrogens with one attached hydrogen (secondary N) is 1. The Labute approximate surface area is 121 Å². The molecule has 1 aromatic carbocycles. The van der Waals surface area contributed by atoms with E-state index in [1.165, 1.54) is 18.2 Å². The predicted octanol–water partition coefficient (Wildman–Crippen LogP) is 0.723. The van der Waals surface area contributed by atoms with Crippen LogP contribution in [0.1, 0.15) is 23.2 Å². The highest BCUT2D eigenvalue weighted by atomic mass is 16.6. The molecule has 0 saturated heterocycles. The lowest BCUT2D eigenvalue weighted by Gasteiger charge is -2.34. The molecule has 8 nitrogen and oxygen atoms in total. The van der Waals surface area contributed by atoms with Crippen molar-refractivity contribution in [2.75, 3.05) is 19.0 Å². The second-order valence-corrected chi connectivity index (χ2v) is 5.31. The van der Waals surface area contributed by atoms with Gasteiger partial charge in [0.05, 0.1) is 11.0 Å². The molecule has 1 aromatic rings. The van der Waals surface area contributed by atoms with Gasteiger partial charge in [0.2, 0.25) is 0 Å². The van der Waals surface area contributed by atoms with Crippen molar-refractivity contribution in [2.24, 2.45) is 11.8 Å². The predicted molar refractivity (Wildman–Crippen MR) is 76.6 cm³/mol. The van der Waals surface area contributed by atoms with Crippen LogP contribution in [0.3, 0.4) is 0 Å². The number of nitro groups is 1. The van der Waals surface area contributed by atoms with E-state index in [0.29, 0.717) is 30.9 Å². The summed E-state index contributed by atoms with van der Waals surface area (Å²) < 4.78 is 0. The Morgan fingerprint density at radius 1 is 1.57 bits per heavy atom. The van der Waals surface area contributed by atoms with E-state index in [0.717, 1.165) is 0 Å². The highest BCUT2D eigenvalue weighted by Crippen LogP contribution is 2.29. The van der Waals surface area contributed by atoms with Crippen LogP contribution in [0.5, 0.6) is 0 Å². The molecule has 2 rings (SSSR count). The molecular formula is C13H18N4O4. The third-order valence-corrected chi connectivity index (χ3v) is 3.69. The van der Waals surface area contributed by atoms with Crippen LogP contribution < -0.4 is 11.3 Å². The number of hydrazine groups is 1. The van der Waals surface area contributed by atoms with Crippen molar-refractivity contribution >= 4 is 17.3 Å². The molecule has 0 heterocycles. The van der Waals surface area contributed by atoms with Gasteiger partial charge in [-0.15, -0.1) is 0 Å². The fraction of sp³-hybridized carbons (Fsp3) is 0.462. The minimum absolute atomic E-state index is 0.0957. The summed E-state index contributed by atoms with van der Waals surface area (Å²) in [6.07, 6.45) is 1.15. The molecule has 4 N–H and O–H groups in total. The van der Waals surface area contributed by atoms with Crippen molar-refractivity contribution in [1.82, 2.24) is 4.90 Å². The lowest BCUT2D eigenvalue weighted by atomic mass is 9.82. The molecular weight excluding hydrogens is 276 g/mol. The Hall–Kier alpha value is -2.19. The minimum atomic E-state index is -0.567. The maximum absolute atomic E-state index is 12.3. The summed E-state index contributed by atoms with van der Waals surface area (Å²) in [7, 11) is 1.67. The Morgan fingerprint density at radius 2 is 2.24 bits per heavy atom. The maximum Gasteiger partial charge on any atom is 0.293 e. The number of carbonyl (C=O) groups is 1. The number of anilines is 1. The molecule has 1 saturated carbocycles. The quantitative estimate of drug-likeness (QED) is 0.418. The summed E-state index contributed by atoms with van der Waals surface area (Å²) >= 11 is 0. The molecule has 1 fully saturated rings. The van der Waals surface area contributed by atoms with Gasteiger partial charge in [-0.3, -0.25) is 20.8 Å². The molecule has 21 heavy (non-hydrogen) atoms. The summed E-state index contributed by atoms with van der Waals surface area (Å²) in [5.41, 5.74) is 2.48. The van der Waals surface area contributed by atoms with Crippen LogP contribution in [0.25, 0.3) is 0 Å². The summed E-state index contributed by atoms with van der Waals surface area (Å²) in [5, 5.41) is 20.1. The molecule has 1 amide bonds. The average molecular weight is 294 g/mol. The number of carbonyl (C=O) groups excluding carboxylic acids is 1. The Balaban J connectivity index is 2.09. The van der Waals surface area contributed by atoms with Crippen LogP contribution in [0.4, 0.5) is 11.4 Å². The first kappa shape index (κ1) is 15.2. The van der Waals surface area contributed by atoms with E-state index >= 15 is 0 Å². The molecule has 0 aromatic heterocycles. The van der Waals surface area contributed by atoms with Crippen LogP contribution in [0.2, 0.25) is 0 Å². The Bertz CT molecular complexity index is 557. The number of hydrogen-bond donors (Lipinski definition) is 3. The molecule has 114 valence electrons. The van der Waals surface area contributed by atoms with Crippen molar-refractivity contribution in [3.8, 4) is 0 Å². The standard InChI is InChI=1S/C13H18N4O4/c1-16(7-8-4-10(18)5-8)13(19)9-2-3-12(17(20)21)11(6-9)15-14/h2-3,6,8,10,15,18H,4-5,7,14H2,1H3. The number of rotatable bonds is 5. The summed E-state index contributed by atoms with van der Waals surface area (Å²) in [4.78, 5) is 24.1. The first-order valence-corrected chi connectivity index (χ1v) is 6.61. The van der Waals surface area contributed by atoms with Crippen LogP contribution in [-0.4, -0.2) is 40.5 Å². The monoisotopic (exact) mass is 294 g/mol. The maximum atomic E-state index is 12.3. The molecule has 0 aliphatic heterocycles. The smallest absolute Gasteiger partial charge is 0.293 e. The lowest BCUT2D eigenvalue weighted by molar-refractivity contribution is -0.384. The Morgan fingerprint density at radius 3 is 2.76 bits per heavy atom. The number of nitrogens with two attached hydrogens (primary N) is 1. The molecule has 0 radical (unpaired) electrons. The third-order valence-electron chi connectivity index (χ3n) is 3.69. The summed E-state index contributed by atoms with van der Waals surface area (Å²) in [6, 6.07) is 4.03. The summed E-state index contributed by atoms with van der Waals surface area (Å²) in [5.74, 6) is 5.32. The van der Waals surface area contributed by atoms with E-state index < -0.39 is 4.92 Å². The second-order valence-electron chi connectivity index (χ2n) is 5.31. The number of amides is 1. The van der Waals surface area contributed by atoms with Gasteiger partial charge in [0.1, 0.15) is 5.69 Å². The Kier molecular flexibility index (Phi) is 4.39.